The van der Waals surface area contributed by atoms with Crippen LogP contribution >= 0.6 is 0 Å². The van der Waals surface area contributed by atoms with Crippen LogP contribution in [-0.4, -0.2) is 47.8 Å². The highest BCUT2D eigenvalue weighted by atomic mass is 16.5. The van der Waals surface area contributed by atoms with Gasteiger partial charge in [0, 0.05) is 42.9 Å². The molecule has 0 radical (unpaired) electrons. The van der Waals surface area contributed by atoms with Crippen LogP contribution in [0.15, 0.2) is 48.0 Å². The molecule has 2 heterocycles. The minimum absolute atomic E-state index is 0.0224. The quantitative estimate of drug-likeness (QED) is 0.509. The van der Waals surface area contributed by atoms with Gasteiger partial charge in [-0.25, -0.2) is 0 Å². The van der Waals surface area contributed by atoms with E-state index in [1.165, 1.54) is 11.1 Å². The van der Waals surface area contributed by atoms with Gasteiger partial charge in [0.25, 0.3) is 5.91 Å². The molecule has 0 atom stereocenters. The Kier molecular flexibility index (Phi) is 5.48. The zero-order valence-electron chi connectivity index (χ0n) is 17.6. The van der Waals surface area contributed by atoms with Gasteiger partial charge in [0.15, 0.2) is 5.96 Å². The number of nitrogens with one attached hydrogen (secondary N) is 1. The fraction of sp³-hybridized carbons (Fsp3) is 0.333. The fourth-order valence-corrected chi connectivity index (χ4v) is 4.31. The lowest BCUT2D eigenvalue weighted by atomic mass is 9.86. The van der Waals surface area contributed by atoms with E-state index in [0.29, 0.717) is 18.7 Å². The highest BCUT2D eigenvalue weighted by molar-refractivity contribution is 5.97. The third kappa shape index (κ3) is 3.54. The number of para-hydroxylation sites is 1. The van der Waals surface area contributed by atoms with Gasteiger partial charge in [0.1, 0.15) is 11.5 Å². The van der Waals surface area contributed by atoms with Crippen molar-refractivity contribution in [2.24, 2.45) is 5.73 Å². The maximum Gasteiger partial charge on any atom is 0.253 e. The second kappa shape index (κ2) is 8.22. The highest BCUT2D eigenvalue weighted by Crippen LogP contribution is 2.46. The molecule has 0 saturated carbocycles. The number of nitrogens with two attached hydrogens (primary N) is 1. The van der Waals surface area contributed by atoms with Gasteiger partial charge < -0.3 is 20.3 Å². The molecule has 6 nitrogen and oxygen atoms in total. The van der Waals surface area contributed by atoms with E-state index >= 15 is 0 Å². The van der Waals surface area contributed by atoms with Gasteiger partial charge in [-0.2, -0.15) is 0 Å². The number of rotatable bonds is 3. The number of guanidine groups is 1. The molecule has 3 N–H and O–H groups in total. The van der Waals surface area contributed by atoms with Crippen molar-refractivity contribution < 1.29 is 9.53 Å². The summed E-state index contributed by atoms with van der Waals surface area (Å²) in [6.45, 7) is 6.82. The smallest absolute Gasteiger partial charge is 0.253 e. The topological polar surface area (TPSA) is 82.7 Å². The fourth-order valence-electron chi connectivity index (χ4n) is 4.31. The largest absolute Gasteiger partial charge is 0.456 e. The molecule has 156 valence electrons. The van der Waals surface area contributed by atoms with E-state index in [1.807, 2.05) is 60.0 Å². The van der Waals surface area contributed by atoms with Gasteiger partial charge in [-0.05, 0) is 56.5 Å². The molecule has 0 unspecified atom stereocenters. The van der Waals surface area contributed by atoms with E-state index in [0.717, 1.165) is 48.6 Å². The standard InChI is InChI=1S/C24H28N4O2/c1-3-27(4-2)23(29)17-9-10-19-21(15-17)30-20-8-6-5-7-18(20)22(19)16-11-13-28(14-12-16)24(25)26/h5-10,15H,3-4,11-14H2,1-2H3,(H3,25,26). The molecule has 6 heteroatoms. The van der Waals surface area contributed by atoms with Crippen molar-refractivity contribution in [2.45, 2.75) is 26.7 Å². The van der Waals surface area contributed by atoms with Crippen molar-refractivity contribution in [3.63, 3.8) is 0 Å². The maximum absolute atomic E-state index is 12.8. The summed E-state index contributed by atoms with van der Waals surface area (Å²) in [5.41, 5.74) is 11.0. The molecule has 30 heavy (non-hydrogen) atoms. The zero-order valence-corrected chi connectivity index (χ0v) is 17.6. The predicted molar refractivity (Wildman–Crippen MR) is 119 cm³/mol. The second-order valence-electron chi connectivity index (χ2n) is 7.64. The summed E-state index contributed by atoms with van der Waals surface area (Å²) < 4.78 is 6.23. The van der Waals surface area contributed by atoms with Crippen LogP contribution in [0, 0.1) is 5.41 Å². The normalized spacial score (nSPS) is 15.2. The van der Waals surface area contributed by atoms with Crippen LogP contribution in [0.4, 0.5) is 0 Å². The Labute approximate surface area is 177 Å². The summed E-state index contributed by atoms with van der Waals surface area (Å²) in [4.78, 5) is 16.6. The van der Waals surface area contributed by atoms with Gasteiger partial charge in [-0.15, -0.1) is 0 Å². The number of carbonyl (C=O) groups excluding carboxylic acids is 1. The summed E-state index contributed by atoms with van der Waals surface area (Å²) in [6.07, 6.45) is 1.70. The van der Waals surface area contributed by atoms with Crippen LogP contribution in [0.3, 0.4) is 0 Å². The third-order valence-corrected chi connectivity index (χ3v) is 5.99. The number of amides is 1. The van der Waals surface area contributed by atoms with E-state index in [1.54, 1.807) is 0 Å². The third-order valence-electron chi connectivity index (χ3n) is 5.99. The molecular weight excluding hydrogens is 376 g/mol. The molecule has 2 aromatic rings. The van der Waals surface area contributed by atoms with Gasteiger partial charge in [-0.3, -0.25) is 10.2 Å². The van der Waals surface area contributed by atoms with Crippen molar-refractivity contribution in [2.75, 3.05) is 26.2 Å². The molecule has 2 aromatic carbocycles. The van der Waals surface area contributed by atoms with Gasteiger partial charge >= 0.3 is 0 Å². The second-order valence-corrected chi connectivity index (χ2v) is 7.64. The summed E-state index contributed by atoms with van der Waals surface area (Å²) in [5.74, 6) is 1.69. The molecule has 2 aliphatic heterocycles. The first kappa shape index (κ1) is 20.0. The first-order valence-corrected chi connectivity index (χ1v) is 10.5. The summed E-state index contributed by atoms with van der Waals surface area (Å²) in [6, 6.07) is 13.8. The van der Waals surface area contributed by atoms with E-state index in [-0.39, 0.29) is 11.9 Å². The molecule has 0 spiro atoms. The van der Waals surface area contributed by atoms with Crippen LogP contribution in [0.5, 0.6) is 11.5 Å². The summed E-state index contributed by atoms with van der Waals surface area (Å²) >= 11 is 0. The molecule has 0 bridgehead atoms. The number of ether oxygens (including phenoxy) is 1. The number of hydrogen-bond acceptors (Lipinski definition) is 3. The first-order chi connectivity index (χ1) is 14.5. The average molecular weight is 405 g/mol. The highest BCUT2D eigenvalue weighted by Gasteiger charge is 2.28. The number of nitrogens with zero attached hydrogens (tertiary/aromatic N) is 2. The predicted octanol–water partition coefficient (Wildman–Crippen LogP) is 4.07. The number of hydrogen-bond donors (Lipinski definition) is 2. The van der Waals surface area contributed by atoms with Crippen molar-refractivity contribution >= 4 is 17.4 Å². The van der Waals surface area contributed by atoms with Crippen LogP contribution < -0.4 is 10.5 Å². The van der Waals surface area contributed by atoms with Gasteiger partial charge in [0.05, 0.1) is 0 Å². The van der Waals surface area contributed by atoms with Crippen molar-refractivity contribution in [1.29, 1.82) is 5.41 Å². The minimum atomic E-state index is 0.0224. The van der Waals surface area contributed by atoms with E-state index < -0.39 is 0 Å². The van der Waals surface area contributed by atoms with Gasteiger partial charge in [0.2, 0.25) is 0 Å². The van der Waals surface area contributed by atoms with Crippen LogP contribution in [0.1, 0.15) is 48.2 Å². The van der Waals surface area contributed by atoms with E-state index in [4.69, 9.17) is 15.9 Å². The SMILES string of the molecule is CCN(CC)C(=O)c1ccc2c(c1)Oc1ccccc1C2=C1CCN(C(=N)N)CC1. The number of likely N-dealkylation sites (tertiary alicyclic amines) is 1. The lowest BCUT2D eigenvalue weighted by Gasteiger charge is -2.32. The Morgan fingerprint density at radius 3 is 2.40 bits per heavy atom. The van der Waals surface area contributed by atoms with Crippen LogP contribution in [0.25, 0.3) is 5.57 Å². The Hall–Kier alpha value is -3.28. The number of carbonyl (C=O) groups is 1. The van der Waals surface area contributed by atoms with Crippen molar-refractivity contribution in [3.05, 3.63) is 64.7 Å². The minimum Gasteiger partial charge on any atom is -0.456 e. The van der Waals surface area contributed by atoms with Crippen LogP contribution in [0.2, 0.25) is 0 Å². The monoisotopic (exact) mass is 404 g/mol. The van der Waals surface area contributed by atoms with Crippen molar-refractivity contribution in [1.82, 2.24) is 9.80 Å². The number of fused-ring (bicyclic) bond motifs is 2. The summed E-state index contributed by atoms with van der Waals surface area (Å²) in [7, 11) is 0. The molecule has 1 amide bonds. The molecule has 1 saturated heterocycles. The lowest BCUT2D eigenvalue weighted by Crippen LogP contribution is -2.40. The molecule has 1 fully saturated rings. The maximum atomic E-state index is 12.8. The zero-order chi connectivity index (χ0) is 21.3. The van der Waals surface area contributed by atoms with Gasteiger partial charge in [-0.1, -0.05) is 23.8 Å². The van der Waals surface area contributed by atoms with E-state index in [9.17, 15) is 4.79 Å². The number of benzene rings is 2. The molecule has 0 aromatic heterocycles. The summed E-state index contributed by atoms with van der Waals surface area (Å²) in [5, 5.41) is 7.70. The molecule has 2 aliphatic rings. The lowest BCUT2D eigenvalue weighted by molar-refractivity contribution is 0.0772. The molecular formula is C24H28N4O2. The van der Waals surface area contributed by atoms with Crippen LogP contribution in [-0.2, 0) is 0 Å². The van der Waals surface area contributed by atoms with E-state index in [2.05, 4.69) is 6.07 Å². The molecule has 4 rings (SSSR count). The first-order valence-electron chi connectivity index (χ1n) is 10.5. The average Bonchev–Trinajstić information content (AvgIpc) is 2.77. The number of piperidine rings is 1. The molecule has 0 aliphatic carbocycles. The Morgan fingerprint density at radius 1 is 1.07 bits per heavy atom. The Balaban J connectivity index is 1.77. The Bertz CT molecular complexity index is 1010. The van der Waals surface area contributed by atoms with Crippen molar-refractivity contribution in [3.8, 4) is 11.5 Å². The Morgan fingerprint density at radius 2 is 1.73 bits per heavy atom.